The van der Waals surface area contributed by atoms with E-state index in [9.17, 15) is 14.0 Å². The lowest BCUT2D eigenvalue weighted by Crippen LogP contribution is -2.41. The van der Waals surface area contributed by atoms with Gasteiger partial charge >= 0.3 is 0 Å². The smallest absolute Gasteiger partial charge is 0.274 e. The number of H-pyrrole nitrogens is 1. The minimum absolute atomic E-state index is 0.0490. The zero-order chi connectivity index (χ0) is 20.5. The molecule has 4 rings (SSSR count). The summed E-state index contributed by atoms with van der Waals surface area (Å²) < 4.78 is 14.5. The van der Waals surface area contributed by atoms with Gasteiger partial charge in [0.1, 0.15) is 16.5 Å². The van der Waals surface area contributed by atoms with Gasteiger partial charge in [-0.05, 0) is 37.3 Å². The van der Waals surface area contributed by atoms with E-state index < -0.39 is 17.6 Å². The molecule has 146 valence electrons. The Labute approximate surface area is 169 Å². The first-order chi connectivity index (χ1) is 14.0. The summed E-state index contributed by atoms with van der Waals surface area (Å²) in [6, 6.07) is 12.8. The van der Waals surface area contributed by atoms with Crippen LogP contribution in [0.15, 0.2) is 54.7 Å². The van der Waals surface area contributed by atoms with E-state index in [-0.39, 0.29) is 10.7 Å². The molecule has 0 spiro atoms. The topological polar surface area (TPSA) is 91.8 Å². The maximum atomic E-state index is 13.1. The molecule has 0 aliphatic rings. The number of amides is 2. The van der Waals surface area contributed by atoms with Crippen LogP contribution in [0.25, 0.3) is 16.6 Å². The van der Waals surface area contributed by atoms with Crippen molar-refractivity contribution in [1.29, 1.82) is 0 Å². The molecule has 0 atom stereocenters. The molecule has 2 amide bonds. The van der Waals surface area contributed by atoms with Gasteiger partial charge in [-0.15, -0.1) is 0 Å². The SMILES string of the molecule is Cc1nn(-c2ccc(F)cc2)c(Cl)c1C(=O)NNC(=O)c1c[nH]c2ccccc12. The average Bonchev–Trinajstić information content (AvgIpc) is 3.27. The van der Waals surface area contributed by atoms with Crippen LogP contribution >= 0.6 is 11.6 Å². The van der Waals surface area contributed by atoms with Crippen LogP contribution < -0.4 is 10.9 Å². The molecule has 2 aromatic heterocycles. The molecule has 0 aliphatic heterocycles. The number of hydrogen-bond donors (Lipinski definition) is 3. The molecule has 0 unspecified atom stereocenters. The Morgan fingerprint density at radius 3 is 2.52 bits per heavy atom. The molecule has 2 heterocycles. The molecule has 0 fully saturated rings. The first kappa shape index (κ1) is 18.7. The van der Waals surface area contributed by atoms with Crippen LogP contribution in [-0.2, 0) is 0 Å². The van der Waals surface area contributed by atoms with E-state index in [1.165, 1.54) is 28.9 Å². The highest BCUT2D eigenvalue weighted by molar-refractivity contribution is 6.33. The number of aryl methyl sites for hydroxylation is 1. The highest BCUT2D eigenvalue weighted by Crippen LogP contribution is 2.23. The van der Waals surface area contributed by atoms with Gasteiger partial charge in [-0.1, -0.05) is 29.8 Å². The molecular formula is C20H15ClFN5O2. The van der Waals surface area contributed by atoms with Crippen molar-refractivity contribution in [2.45, 2.75) is 6.92 Å². The maximum absolute atomic E-state index is 13.1. The lowest BCUT2D eigenvalue weighted by molar-refractivity contribution is 0.0847. The predicted molar refractivity (Wildman–Crippen MR) is 107 cm³/mol. The summed E-state index contributed by atoms with van der Waals surface area (Å²) in [5, 5.41) is 5.02. The van der Waals surface area contributed by atoms with E-state index in [0.29, 0.717) is 16.9 Å². The van der Waals surface area contributed by atoms with Gasteiger partial charge in [0.2, 0.25) is 0 Å². The second-order valence-corrected chi connectivity index (χ2v) is 6.65. The highest BCUT2D eigenvalue weighted by Gasteiger charge is 2.22. The Morgan fingerprint density at radius 2 is 1.76 bits per heavy atom. The number of nitrogens with one attached hydrogen (secondary N) is 3. The van der Waals surface area contributed by atoms with Gasteiger partial charge in [0.25, 0.3) is 11.8 Å². The summed E-state index contributed by atoms with van der Waals surface area (Å²) in [6.45, 7) is 1.61. The number of carbonyl (C=O) groups is 2. The molecule has 7 nitrogen and oxygen atoms in total. The Hall–Kier alpha value is -3.65. The number of nitrogens with zero attached hydrogens (tertiary/aromatic N) is 2. The van der Waals surface area contributed by atoms with E-state index in [2.05, 4.69) is 20.9 Å². The van der Waals surface area contributed by atoms with Gasteiger partial charge in [-0.3, -0.25) is 20.4 Å². The molecule has 29 heavy (non-hydrogen) atoms. The zero-order valence-electron chi connectivity index (χ0n) is 15.2. The van der Waals surface area contributed by atoms with Gasteiger partial charge in [0.05, 0.1) is 16.9 Å². The molecule has 0 saturated heterocycles. The zero-order valence-corrected chi connectivity index (χ0v) is 15.9. The summed E-state index contributed by atoms with van der Waals surface area (Å²) >= 11 is 6.32. The quantitative estimate of drug-likeness (QED) is 0.450. The summed E-state index contributed by atoms with van der Waals surface area (Å²) in [7, 11) is 0. The molecule has 0 bridgehead atoms. The number of aromatic nitrogens is 3. The lowest BCUT2D eigenvalue weighted by Gasteiger charge is -2.07. The molecule has 0 radical (unpaired) electrons. The molecule has 3 N–H and O–H groups in total. The fourth-order valence-electron chi connectivity index (χ4n) is 3.01. The monoisotopic (exact) mass is 411 g/mol. The van der Waals surface area contributed by atoms with Crippen LogP contribution in [-0.4, -0.2) is 26.6 Å². The number of hydrogen-bond acceptors (Lipinski definition) is 3. The fourth-order valence-corrected chi connectivity index (χ4v) is 3.37. The van der Waals surface area contributed by atoms with E-state index in [4.69, 9.17) is 11.6 Å². The molecule has 0 saturated carbocycles. The van der Waals surface area contributed by atoms with Crippen molar-refractivity contribution < 1.29 is 14.0 Å². The number of fused-ring (bicyclic) bond motifs is 1. The van der Waals surface area contributed by atoms with Crippen molar-refractivity contribution in [3.05, 3.63) is 82.5 Å². The number of halogens is 2. The van der Waals surface area contributed by atoms with Crippen LogP contribution in [0.5, 0.6) is 0 Å². The normalized spacial score (nSPS) is 10.9. The van der Waals surface area contributed by atoms with Crippen molar-refractivity contribution >= 4 is 34.3 Å². The minimum Gasteiger partial charge on any atom is -0.360 e. The number of carbonyl (C=O) groups excluding carboxylic acids is 2. The van der Waals surface area contributed by atoms with Gasteiger partial charge in [-0.25, -0.2) is 9.07 Å². The van der Waals surface area contributed by atoms with Gasteiger partial charge in [0, 0.05) is 17.1 Å². The lowest BCUT2D eigenvalue weighted by atomic mass is 10.2. The van der Waals surface area contributed by atoms with Crippen LogP contribution in [0, 0.1) is 12.7 Å². The van der Waals surface area contributed by atoms with E-state index in [1.807, 2.05) is 18.2 Å². The first-order valence-electron chi connectivity index (χ1n) is 8.63. The number of aromatic amines is 1. The molecular weight excluding hydrogens is 397 g/mol. The molecule has 0 aliphatic carbocycles. The highest BCUT2D eigenvalue weighted by atomic mass is 35.5. The number of benzene rings is 2. The Kier molecular flexibility index (Phi) is 4.77. The summed E-state index contributed by atoms with van der Waals surface area (Å²) in [5.41, 5.74) is 6.91. The largest absolute Gasteiger partial charge is 0.360 e. The van der Waals surface area contributed by atoms with E-state index >= 15 is 0 Å². The second-order valence-electron chi connectivity index (χ2n) is 6.30. The number of para-hydroxylation sites is 1. The summed E-state index contributed by atoms with van der Waals surface area (Å²) in [5.74, 6) is -1.49. The maximum Gasteiger partial charge on any atom is 0.274 e. The average molecular weight is 412 g/mol. The van der Waals surface area contributed by atoms with Crippen molar-refractivity contribution in [2.75, 3.05) is 0 Å². The van der Waals surface area contributed by atoms with Crippen LogP contribution in [0.3, 0.4) is 0 Å². The molecule has 4 aromatic rings. The second kappa shape index (κ2) is 7.40. The Bertz CT molecular complexity index is 1230. The summed E-state index contributed by atoms with van der Waals surface area (Å²) in [6.07, 6.45) is 1.57. The third-order valence-corrected chi connectivity index (χ3v) is 4.77. The van der Waals surface area contributed by atoms with Gasteiger partial charge in [0.15, 0.2) is 0 Å². The Balaban J connectivity index is 1.53. The van der Waals surface area contributed by atoms with Crippen molar-refractivity contribution in [2.24, 2.45) is 0 Å². The number of rotatable bonds is 3. The Morgan fingerprint density at radius 1 is 1.07 bits per heavy atom. The van der Waals surface area contributed by atoms with Crippen molar-refractivity contribution in [3.63, 3.8) is 0 Å². The van der Waals surface area contributed by atoms with Crippen LogP contribution in [0.2, 0.25) is 5.15 Å². The van der Waals surface area contributed by atoms with Crippen molar-refractivity contribution in [3.8, 4) is 5.69 Å². The van der Waals surface area contributed by atoms with Crippen LogP contribution in [0.1, 0.15) is 26.4 Å². The molecule has 9 heteroatoms. The summed E-state index contributed by atoms with van der Waals surface area (Å²) in [4.78, 5) is 28.0. The van der Waals surface area contributed by atoms with Gasteiger partial charge in [-0.2, -0.15) is 5.10 Å². The van der Waals surface area contributed by atoms with E-state index in [0.717, 1.165) is 10.9 Å². The molecule has 2 aromatic carbocycles. The van der Waals surface area contributed by atoms with Crippen LogP contribution in [0.4, 0.5) is 4.39 Å². The third kappa shape index (κ3) is 3.45. The van der Waals surface area contributed by atoms with Gasteiger partial charge < -0.3 is 4.98 Å². The van der Waals surface area contributed by atoms with Crippen molar-refractivity contribution in [1.82, 2.24) is 25.6 Å². The third-order valence-electron chi connectivity index (χ3n) is 4.43. The van der Waals surface area contributed by atoms with E-state index in [1.54, 1.807) is 19.2 Å². The number of hydrazine groups is 1. The predicted octanol–water partition coefficient (Wildman–Crippen LogP) is 3.53. The standard InChI is InChI=1S/C20H15ClFN5O2/c1-11-17(18(21)27(26-11)13-8-6-12(22)7-9-13)20(29)25-24-19(28)15-10-23-16-5-3-2-4-14(15)16/h2-10,23H,1H3,(H,24,28)(H,25,29). The minimum atomic E-state index is -0.617. The fraction of sp³-hybridized carbons (Fsp3) is 0.0500. The first-order valence-corrected chi connectivity index (χ1v) is 9.01.